The average molecular weight is 279 g/mol. The van der Waals surface area contributed by atoms with E-state index in [9.17, 15) is 14.4 Å². The molecule has 1 aromatic carbocycles. The van der Waals surface area contributed by atoms with Gasteiger partial charge >= 0.3 is 6.09 Å². The van der Waals surface area contributed by atoms with Crippen LogP contribution in [-0.2, 0) is 20.9 Å². The Balaban J connectivity index is 2.32. The molecule has 0 aliphatic heterocycles. The molecule has 0 aromatic heterocycles. The van der Waals surface area contributed by atoms with Crippen LogP contribution < -0.4 is 11.1 Å². The average Bonchev–Trinajstić information content (AvgIpc) is 2.43. The summed E-state index contributed by atoms with van der Waals surface area (Å²) < 4.78 is 5.03. The number of benzene rings is 1. The minimum atomic E-state index is -0.646. The van der Waals surface area contributed by atoms with Gasteiger partial charge in [-0.25, -0.2) is 4.79 Å². The number of nitrogens with two attached hydrogens (primary N) is 1. The van der Waals surface area contributed by atoms with Crippen LogP contribution in [0.25, 0.3) is 0 Å². The normalized spacial score (nSPS) is 9.65. The third-order valence-electron chi connectivity index (χ3n) is 2.36. The fraction of sp³-hybridized carbons (Fsp3) is 0.308. The maximum absolute atomic E-state index is 11.6. The zero-order chi connectivity index (χ0) is 15.0. The molecule has 0 radical (unpaired) electrons. The van der Waals surface area contributed by atoms with Gasteiger partial charge in [0.05, 0.1) is 6.54 Å². The van der Waals surface area contributed by atoms with Crippen LogP contribution in [0.15, 0.2) is 30.3 Å². The van der Waals surface area contributed by atoms with Crippen molar-refractivity contribution in [1.82, 2.24) is 10.2 Å². The van der Waals surface area contributed by atoms with E-state index in [1.54, 1.807) is 0 Å². The first kappa shape index (κ1) is 15.5. The summed E-state index contributed by atoms with van der Waals surface area (Å²) in [5, 5.41) is 2.28. The van der Waals surface area contributed by atoms with Gasteiger partial charge in [-0.3, -0.25) is 9.59 Å². The van der Waals surface area contributed by atoms with Crippen molar-refractivity contribution in [1.29, 1.82) is 0 Å². The molecule has 7 heteroatoms. The Bertz CT molecular complexity index is 476. The molecule has 1 rings (SSSR count). The van der Waals surface area contributed by atoms with Crippen molar-refractivity contribution in [2.75, 3.05) is 20.1 Å². The van der Waals surface area contributed by atoms with Crippen LogP contribution in [0.1, 0.15) is 5.56 Å². The number of amides is 3. The second-order valence-corrected chi connectivity index (χ2v) is 4.14. The molecule has 7 nitrogen and oxygen atoms in total. The Hall–Kier alpha value is -2.57. The molecule has 0 aliphatic carbocycles. The van der Waals surface area contributed by atoms with Gasteiger partial charge in [0.2, 0.25) is 11.8 Å². The molecule has 3 N–H and O–H groups in total. The van der Waals surface area contributed by atoms with E-state index in [0.717, 1.165) is 10.5 Å². The molecule has 0 bridgehead atoms. The molecule has 0 atom stereocenters. The Kier molecular flexibility index (Phi) is 6.02. The molecule has 0 unspecified atom stereocenters. The van der Waals surface area contributed by atoms with E-state index < -0.39 is 17.9 Å². The molecule has 20 heavy (non-hydrogen) atoms. The first-order chi connectivity index (χ1) is 9.49. The predicted octanol–water partition coefficient (Wildman–Crippen LogP) is -0.143. The highest BCUT2D eigenvalue weighted by Gasteiger charge is 2.14. The maximum atomic E-state index is 11.6. The first-order valence-electron chi connectivity index (χ1n) is 5.96. The van der Waals surface area contributed by atoms with Crippen molar-refractivity contribution in [3.8, 4) is 0 Å². The van der Waals surface area contributed by atoms with Gasteiger partial charge in [-0.2, -0.15) is 0 Å². The number of likely N-dealkylation sites (N-methyl/N-ethyl adjacent to an activating group) is 1. The van der Waals surface area contributed by atoms with E-state index in [-0.39, 0.29) is 19.7 Å². The summed E-state index contributed by atoms with van der Waals surface area (Å²) in [4.78, 5) is 34.6. The minimum Gasteiger partial charge on any atom is -0.445 e. The van der Waals surface area contributed by atoms with Gasteiger partial charge < -0.3 is 20.7 Å². The van der Waals surface area contributed by atoms with Crippen LogP contribution >= 0.6 is 0 Å². The molecule has 0 saturated heterocycles. The molecule has 108 valence electrons. The highest BCUT2D eigenvalue weighted by molar-refractivity contribution is 5.86. The van der Waals surface area contributed by atoms with E-state index >= 15 is 0 Å². The smallest absolute Gasteiger partial charge is 0.410 e. The van der Waals surface area contributed by atoms with Crippen molar-refractivity contribution in [3.05, 3.63) is 35.9 Å². The summed E-state index contributed by atoms with van der Waals surface area (Å²) in [6, 6.07) is 9.19. The van der Waals surface area contributed by atoms with Crippen molar-refractivity contribution in [2.45, 2.75) is 6.61 Å². The van der Waals surface area contributed by atoms with Gasteiger partial charge in [0.25, 0.3) is 0 Å². The first-order valence-corrected chi connectivity index (χ1v) is 5.96. The van der Waals surface area contributed by atoms with E-state index in [1.807, 2.05) is 30.3 Å². The van der Waals surface area contributed by atoms with Crippen LogP contribution in [0.2, 0.25) is 0 Å². The van der Waals surface area contributed by atoms with Gasteiger partial charge in [0.15, 0.2) is 0 Å². The summed E-state index contributed by atoms with van der Waals surface area (Å²) in [6.45, 7) is -0.334. The maximum Gasteiger partial charge on any atom is 0.410 e. The van der Waals surface area contributed by atoms with E-state index in [0.29, 0.717) is 0 Å². The predicted molar refractivity (Wildman–Crippen MR) is 71.5 cm³/mol. The SMILES string of the molecule is CN(CC(=O)NCC(N)=O)C(=O)OCc1ccccc1. The molecule has 1 aromatic rings. The van der Waals surface area contributed by atoms with Crippen LogP contribution in [0, 0.1) is 0 Å². The molecule has 0 spiro atoms. The molecule has 0 saturated carbocycles. The van der Waals surface area contributed by atoms with E-state index in [1.165, 1.54) is 7.05 Å². The van der Waals surface area contributed by atoms with Crippen molar-refractivity contribution in [3.63, 3.8) is 0 Å². The van der Waals surface area contributed by atoms with E-state index in [4.69, 9.17) is 10.5 Å². The summed E-state index contributed by atoms with van der Waals surface area (Å²) >= 11 is 0. The summed E-state index contributed by atoms with van der Waals surface area (Å²) in [5.41, 5.74) is 5.74. The molecule has 0 fully saturated rings. The number of nitrogens with one attached hydrogen (secondary N) is 1. The lowest BCUT2D eigenvalue weighted by Crippen LogP contribution is -2.41. The number of hydrogen-bond acceptors (Lipinski definition) is 4. The van der Waals surface area contributed by atoms with Gasteiger partial charge in [-0.05, 0) is 5.56 Å². The van der Waals surface area contributed by atoms with Crippen LogP contribution in [0.4, 0.5) is 4.79 Å². The second-order valence-electron chi connectivity index (χ2n) is 4.14. The highest BCUT2D eigenvalue weighted by Crippen LogP contribution is 2.02. The number of primary amides is 1. The summed E-state index contributed by atoms with van der Waals surface area (Å²) in [6.07, 6.45) is -0.622. The summed E-state index contributed by atoms with van der Waals surface area (Å²) in [7, 11) is 1.43. The number of rotatable bonds is 6. The Morgan fingerprint density at radius 1 is 1.25 bits per heavy atom. The number of carbonyl (C=O) groups excluding carboxylic acids is 3. The lowest BCUT2D eigenvalue weighted by atomic mass is 10.2. The number of carbonyl (C=O) groups is 3. The lowest BCUT2D eigenvalue weighted by Gasteiger charge is -2.16. The number of nitrogens with zero attached hydrogens (tertiary/aromatic N) is 1. The van der Waals surface area contributed by atoms with Crippen LogP contribution in [-0.4, -0.2) is 42.9 Å². The number of ether oxygens (including phenoxy) is 1. The van der Waals surface area contributed by atoms with Gasteiger partial charge in [0.1, 0.15) is 13.2 Å². The Morgan fingerprint density at radius 2 is 1.90 bits per heavy atom. The minimum absolute atomic E-state index is 0.132. The van der Waals surface area contributed by atoms with Gasteiger partial charge in [0, 0.05) is 7.05 Å². The molecule has 3 amide bonds. The fourth-order valence-corrected chi connectivity index (χ4v) is 1.35. The van der Waals surface area contributed by atoms with Gasteiger partial charge in [-0.1, -0.05) is 30.3 Å². The molecular weight excluding hydrogens is 262 g/mol. The van der Waals surface area contributed by atoms with Gasteiger partial charge in [-0.15, -0.1) is 0 Å². The molecular formula is C13H17N3O4. The third-order valence-corrected chi connectivity index (χ3v) is 2.36. The topological polar surface area (TPSA) is 102 Å². The second kappa shape index (κ2) is 7.78. The zero-order valence-corrected chi connectivity index (χ0v) is 11.2. The molecule has 0 aliphatic rings. The van der Waals surface area contributed by atoms with Crippen LogP contribution in [0.3, 0.4) is 0 Å². The highest BCUT2D eigenvalue weighted by atomic mass is 16.6. The Labute approximate surface area is 116 Å². The zero-order valence-electron chi connectivity index (χ0n) is 11.2. The quantitative estimate of drug-likeness (QED) is 0.756. The van der Waals surface area contributed by atoms with Crippen molar-refractivity contribution in [2.24, 2.45) is 5.73 Å². The van der Waals surface area contributed by atoms with E-state index in [2.05, 4.69) is 5.32 Å². The standard InChI is InChI=1S/C13H17N3O4/c1-16(8-12(18)15-7-11(14)17)13(19)20-9-10-5-3-2-4-6-10/h2-6H,7-9H2,1H3,(H2,14,17)(H,15,18). The Morgan fingerprint density at radius 3 is 2.50 bits per heavy atom. The third kappa shape index (κ3) is 5.85. The molecule has 0 heterocycles. The monoisotopic (exact) mass is 279 g/mol. The lowest BCUT2D eigenvalue weighted by molar-refractivity contribution is -0.125. The van der Waals surface area contributed by atoms with Crippen LogP contribution in [0.5, 0.6) is 0 Å². The largest absolute Gasteiger partial charge is 0.445 e. The van der Waals surface area contributed by atoms with Crippen molar-refractivity contribution < 1.29 is 19.1 Å². The number of hydrogen-bond donors (Lipinski definition) is 2. The van der Waals surface area contributed by atoms with Crippen molar-refractivity contribution >= 4 is 17.9 Å². The fourth-order valence-electron chi connectivity index (χ4n) is 1.35. The summed E-state index contributed by atoms with van der Waals surface area (Å²) in [5.74, 6) is -1.13.